The molecular formula is C19H22FN. The van der Waals surface area contributed by atoms with Gasteiger partial charge in [-0.15, -0.1) is 0 Å². The van der Waals surface area contributed by atoms with Crippen molar-refractivity contribution in [3.05, 3.63) is 71.0 Å². The van der Waals surface area contributed by atoms with Crippen LogP contribution in [-0.2, 0) is 6.54 Å². The number of hydrogen-bond acceptors (Lipinski definition) is 1. The molecule has 0 bridgehead atoms. The summed E-state index contributed by atoms with van der Waals surface area (Å²) in [5, 5.41) is 0. The van der Waals surface area contributed by atoms with E-state index in [9.17, 15) is 4.39 Å². The average Bonchev–Trinajstić information content (AvgIpc) is 2.52. The Morgan fingerprint density at radius 3 is 2.43 bits per heavy atom. The molecular weight excluding hydrogens is 261 g/mol. The van der Waals surface area contributed by atoms with Crippen LogP contribution in [0.25, 0.3) is 0 Å². The average molecular weight is 283 g/mol. The van der Waals surface area contributed by atoms with Crippen LogP contribution in [0.3, 0.4) is 0 Å². The molecule has 2 aromatic rings. The van der Waals surface area contributed by atoms with E-state index in [2.05, 4.69) is 41.3 Å². The van der Waals surface area contributed by atoms with Gasteiger partial charge in [0, 0.05) is 6.54 Å². The van der Waals surface area contributed by atoms with E-state index in [0.717, 1.165) is 43.6 Å². The molecule has 0 aromatic heterocycles. The molecule has 1 heterocycles. The van der Waals surface area contributed by atoms with E-state index < -0.39 is 0 Å². The zero-order valence-electron chi connectivity index (χ0n) is 12.6. The van der Waals surface area contributed by atoms with Crippen molar-refractivity contribution >= 4 is 0 Å². The zero-order valence-corrected chi connectivity index (χ0v) is 12.6. The summed E-state index contributed by atoms with van der Waals surface area (Å²) in [6.07, 6.45) is 2.24. The van der Waals surface area contributed by atoms with Crippen molar-refractivity contribution in [3.63, 3.8) is 0 Å². The first-order valence-electron chi connectivity index (χ1n) is 7.75. The Hall–Kier alpha value is -1.67. The number of benzene rings is 2. The lowest BCUT2D eigenvalue weighted by Crippen LogP contribution is -2.32. The van der Waals surface area contributed by atoms with Gasteiger partial charge in [0.2, 0.25) is 0 Å². The molecule has 0 aliphatic carbocycles. The zero-order chi connectivity index (χ0) is 14.7. The molecule has 1 aliphatic rings. The fraction of sp³-hybridized carbons (Fsp3) is 0.368. The molecule has 0 spiro atoms. The molecule has 110 valence electrons. The Labute approximate surface area is 126 Å². The fourth-order valence-corrected chi connectivity index (χ4v) is 3.13. The highest BCUT2D eigenvalue weighted by Gasteiger charge is 2.21. The Morgan fingerprint density at radius 2 is 1.76 bits per heavy atom. The molecule has 0 radical (unpaired) electrons. The maximum atomic E-state index is 13.7. The summed E-state index contributed by atoms with van der Waals surface area (Å²) in [7, 11) is 0. The Morgan fingerprint density at radius 1 is 1.05 bits per heavy atom. The van der Waals surface area contributed by atoms with E-state index in [4.69, 9.17) is 0 Å². The van der Waals surface area contributed by atoms with Gasteiger partial charge in [0.25, 0.3) is 0 Å². The third-order valence-electron chi connectivity index (χ3n) is 4.50. The van der Waals surface area contributed by atoms with Gasteiger partial charge < -0.3 is 0 Å². The van der Waals surface area contributed by atoms with E-state index in [1.54, 1.807) is 6.07 Å². The van der Waals surface area contributed by atoms with Gasteiger partial charge in [-0.3, -0.25) is 4.90 Å². The number of nitrogens with zero attached hydrogens (tertiary/aromatic N) is 1. The second-order valence-electron chi connectivity index (χ2n) is 6.04. The monoisotopic (exact) mass is 283 g/mol. The Kier molecular flexibility index (Phi) is 4.35. The van der Waals surface area contributed by atoms with Gasteiger partial charge in [0.05, 0.1) is 0 Å². The van der Waals surface area contributed by atoms with E-state index in [1.807, 2.05) is 13.0 Å². The van der Waals surface area contributed by atoms with Crippen molar-refractivity contribution in [3.8, 4) is 0 Å². The first kappa shape index (κ1) is 14.3. The lowest BCUT2D eigenvalue weighted by molar-refractivity contribution is 0.204. The minimum atomic E-state index is -0.0702. The van der Waals surface area contributed by atoms with Gasteiger partial charge in [-0.05, 0) is 61.5 Å². The van der Waals surface area contributed by atoms with Crippen LogP contribution in [0, 0.1) is 12.7 Å². The van der Waals surface area contributed by atoms with Crippen LogP contribution in [0.15, 0.2) is 48.5 Å². The first-order chi connectivity index (χ1) is 10.2. The lowest BCUT2D eigenvalue weighted by atomic mass is 9.89. The van der Waals surface area contributed by atoms with Gasteiger partial charge in [-0.1, -0.05) is 42.5 Å². The molecule has 0 unspecified atom stereocenters. The normalized spacial score (nSPS) is 17.0. The summed E-state index contributed by atoms with van der Waals surface area (Å²) in [6.45, 7) is 5.03. The SMILES string of the molecule is Cc1ccc(C2CCN(Cc3ccccc3)CC2)cc1F. The number of aryl methyl sites for hydroxylation is 1. The van der Waals surface area contributed by atoms with Crippen molar-refractivity contribution in [1.82, 2.24) is 4.90 Å². The second-order valence-corrected chi connectivity index (χ2v) is 6.04. The minimum Gasteiger partial charge on any atom is -0.299 e. The molecule has 0 N–H and O–H groups in total. The molecule has 3 rings (SSSR count). The number of piperidine rings is 1. The number of halogens is 1. The van der Waals surface area contributed by atoms with Crippen LogP contribution in [0.5, 0.6) is 0 Å². The van der Waals surface area contributed by atoms with E-state index in [1.165, 1.54) is 5.56 Å². The summed E-state index contributed by atoms with van der Waals surface area (Å²) in [5.74, 6) is 0.436. The van der Waals surface area contributed by atoms with Gasteiger partial charge in [-0.2, -0.15) is 0 Å². The molecule has 0 amide bonds. The van der Waals surface area contributed by atoms with Crippen molar-refractivity contribution < 1.29 is 4.39 Å². The molecule has 1 nitrogen and oxygen atoms in total. The molecule has 2 aromatic carbocycles. The molecule has 0 saturated carbocycles. The second kappa shape index (κ2) is 6.40. The highest BCUT2D eigenvalue weighted by atomic mass is 19.1. The van der Waals surface area contributed by atoms with Crippen LogP contribution in [0.2, 0.25) is 0 Å². The highest BCUT2D eigenvalue weighted by molar-refractivity contribution is 5.26. The summed E-state index contributed by atoms with van der Waals surface area (Å²) >= 11 is 0. The van der Waals surface area contributed by atoms with Crippen LogP contribution >= 0.6 is 0 Å². The molecule has 1 aliphatic heterocycles. The van der Waals surface area contributed by atoms with E-state index in [0.29, 0.717) is 5.92 Å². The maximum Gasteiger partial charge on any atom is 0.126 e. The van der Waals surface area contributed by atoms with Crippen LogP contribution in [-0.4, -0.2) is 18.0 Å². The van der Waals surface area contributed by atoms with E-state index >= 15 is 0 Å². The predicted octanol–water partition coefficient (Wildman–Crippen LogP) is 4.51. The standard InChI is InChI=1S/C19H22FN/c1-15-7-8-18(13-19(15)20)17-9-11-21(12-10-17)14-16-5-3-2-4-6-16/h2-8,13,17H,9-12,14H2,1H3. The van der Waals surface area contributed by atoms with E-state index in [-0.39, 0.29) is 5.82 Å². The van der Waals surface area contributed by atoms with Crippen LogP contribution < -0.4 is 0 Å². The van der Waals surface area contributed by atoms with Crippen molar-refractivity contribution in [2.45, 2.75) is 32.2 Å². The van der Waals surface area contributed by atoms with Crippen molar-refractivity contribution in [2.24, 2.45) is 0 Å². The summed E-state index contributed by atoms with van der Waals surface area (Å²) in [6, 6.07) is 16.3. The number of rotatable bonds is 3. The minimum absolute atomic E-state index is 0.0702. The third-order valence-corrected chi connectivity index (χ3v) is 4.50. The molecule has 0 atom stereocenters. The number of likely N-dealkylation sites (tertiary alicyclic amines) is 1. The third kappa shape index (κ3) is 3.51. The molecule has 1 saturated heterocycles. The lowest BCUT2D eigenvalue weighted by Gasteiger charge is -2.32. The Balaban J connectivity index is 1.58. The largest absolute Gasteiger partial charge is 0.299 e. The van der Waals surface area contributed by atoms with Crippen LogP contribution in [0.1, 0.15) is 35.4 Å². The van der Waals surface area contributed by atoms with Gasteiger partial charge in [-0.25, -0.2) is 4.39 Å². The maximum absolute atomic E-state index is 13.7. The fourth-order valence-electron chi connectivity index (χ4n) is 3.13. The first-order valence-corrected chi connectivity index (χ1v) is 7.75. The van der Waals surface area contributed by atoms with Gasteiger partial charge >= 0.3 is 0 Å². The Bertz CT molecular complexity index is 586. The number of hydrogen-bond donors (Lipinski definition) is 0. The van der Waals surface area contributed by atoms with Gasteiger partial charge in [0.1, 0.15) is 5.82 Å². The summed E-state index contributed by atoms with van der Waals surface area (Å²) < 4.78 is 13.7. The molecule has 1 fully saturated rings. The van der Waals surface area contributed by atoms with Crippen molar-refractivity contribution in [2.75, 3.05) is 13.1 Å². The molecule has 2 heteroatoms. The molecule has 21 heavy (non-hydrogen) atoms. The quantitative estimate of drug-likeness (QED) is 0.801. The van der Waals surface area contributed by atoms with Crippen molar-refractivity contribution in [1.29, 1.82) is 0 Å². The van der Waals surface area contributed by atoms with Gasteiger partial charge in [0.15, 0.2) is 0 Å². The summed E-state index contributed by atoms with van der Waals surface area (Å²) in [4.78, 5) is 2.50. The smallest absolute Gasteiger partial charge is 0.126 e. The predicted molar refractivity (Wildman–Crippen MR) is 84.8 cm³/mol. The highest BCUT2D eigenvalue weighted by Crippen LogP contribution is 2.29. The van der Waals surface area contributed by atoms with Crippen LogP contribution in [0.4, 0.5) is 4.39 Å². The summed E-state index contributed by atoms with van der Waals surface area (Å²) in [5.41, 5.74) is 3.27. The topological polar surface area (TPSA) is 3.24 Å².